The summed E-state index contributed by atoms with van der Waals surface area (Å²) >= 11 is 1.63. The molecule has 8 heteroatoms. The van der Waals surface area contributed by atoms with Crippen LogP contribution in [0.5, 0.6) is 5.75 Å². The molecule has 7 nitrogen and oxygen atoms in total. The van der Waals surface area contributed by atoms with E-state index in [0.29, 0.717) is 24.3 Å². The van der Waals surface area contributed by atoms with E-state index in [-0.39, 0.29) is 11.8 Å². The first-order valence-electron chi connectivity index (χ1n) is 9.29. The standard InChI is InChI=1S/C21H28N4O3S/c1-25(2)19-15(8-7-12-22-19)14-23-21(27)17(11-13-29-4)24-20(26)16-9-5-6-10-18(16)28-3/h5-10,12,17H,11,13-14H2,1-4H3,(H,23,27)(H,24,26). The lowest BCUT2D eigenvalue weighted by Gasteiger charge is -2.20. The summed E-state index contributed by atoms with van der Waals surface area (Å²) in [5.74, 6) is 1.46. The largest absolute Gasteiger partial charge is 0.496 e. The molecule has 0 aliphatic rings. The molecular weight excluding hydrogens is 388 g/mol. The Bertz CT molecular complexity index is 829. The van der Waals surface area contributed by atoms with Crippen LogP contribution in [-0.4, -0.2) is 56.1 Å². The molecule has 2 aromatic rings. The van der Waals surface area contributed by atoms with Gasteiger partial charge >= 0.3 is 0 Å². The number of amides is 2. The van der Waals surface area contributed by atoms with Gasteiger partial charge in [-0.3, -0.25) is 9.59 Å². The molecule has 2 amide bonds. The quantitative estimate of drug-likeness (QED) is 0.619. The van der Waals surface area contributed by atoms with Gasteiger partial charge < -0.3 is 20.3 Å². The molecule has 1 heterocycles. The number of hydrogen-bond donors (Lipinski definition) is 2. The highest BCUT2D eigenvalue weighted by Gasteiger charge is 2.22. The summed E-state index contributed by atoms with van der Waals surface area (Å²) in [6.45, 7) is 0.334. The number of carbonyl (C=O) groups excluding carboxylic acids is 2. The highest BCUT2D eigenvalue weighted by molar-refractivity contribution is 7.98. The predicted octanol–water partition coefficient (Wildman–Crippen LogP) is 2.32. The number of anilines is 1. The predicted molar refractivity (Wildman–Crippen MR) is 118 cm³/mol. The number of nitrogens with one attached hydrogen (secondary N) is 2. The van der Waals surface area contributed by atoms with E-state index in [9.17, 15) is 9.59 Å². The van der Waals surface area contributed by atoms with Gasteiger partial charge in [0.05, 0.1) is 12.7 Å². The first-order valence-corrected chi connectivity index (χ1v) is 10.7. The zero-order valence-electron chi connectivity index (χ0n) is 17.3. The van der Waals surface area contributed by atoms with Crippen molar-refractivity contribution in [2.24, 2.45) is 0 Å². The topological polar surface area (TPSA) is 83.6 Å². The van der Waals surface area contributed by atoms with Gasteiger partial charge in [0.1, 0.15) is 17.6 Å². The van der Waals surface area contributed by atoms with Crippen LogP contribution >= 0.6 is 11.8 Å². The van der Waals surface area contributed by atoms with Crippen molar-refractivity contribution < 1.29 is 14.3 Å². The molecular formula is C21H28N4O3S. The fourth-order valence-electron chi connectivity index (χ4n) is 2.85. The van der Waals surface area contributed by atoms with Crippen molar-refractivity contribution in [3.8, 4) is 5.75 Å². The molecule has 0 aliphatic heterocycles. The number of thioether (sulfide) groups is 1. The molecule has 1 atom stereocenters. The van der Waals surface area contributed by atoms with Crippen molar-refractivity contribution in [1.29, 1.82) is 0 Å². The lowest BCUT2D eigenvalue weighted by Crippen LogP contribution is -2.47. The Hall–Kier alpha value is -2.74. The third-order valence-corrected chi connectivity index (χ3v) is 4.97. The van der Waals surface area contributed by atoms with Gasteiger partial charge in [-0.15, -0.1) is 0 Å². The summed E-state index contributed by atoms with van der Waals surface area (Å²) in [5.41, 5.74) is 1.31. The van der Waals surface area contributed by atoms with Gasteiger partial charge in [0, 0.05) is 32.4 Å². The molecule has 1 aromatic heterocycles. The third kappa shape index (κ3) is 6.39. The first-order chi connectivity index (χ1) is 14.0. The smallest absolute Gasteiger partial charge is 0.255 e. The Morgan fingerprint density at radius 3 is 2.66 bits per heavy atom. The average Bonchev–Trinajstić information content (AvgIpc) is 2.74. The Kier molecular flexibility index (Phi) is 8.79. The third-order valence-electron chi connectivity index (χ3n) is 4.33. The van der Waals surface area contributed by atoms with Crippen molar-refractivity contribution in [3.05, 3.63) is 53.7 Å². The summed E-state index contributed by atoms with van der Waals surface area (Å²) in [4.78, 5) is 31.8. The molecule has 29 heavy (non-hydrogen) atoms. The maximum atomic E-state index is 12.8. The molecule has 2 N–H and O–H groups in total. The van der Waals surface area contributed by atoms with Gasteiger partial charge in [0.2, 0.25) is 5.91 Å². The Labute approximate surface area is 176 Å². The van der Waals surface area contributed by atoms with Crippen LogP contribution in [0.4, 0.5) is 5.82 Å². The second-order valence-corrected chi connectivity index (χ2v) is 7.59. The lowest BCUT2D eigenvalue weighted by molar-refractivity contribution is -0.123. The molecule has 0 radical (unpaired) electrons. The molecule has 0 bridgehead atoms. The van der Waals surface area contributed by atoms with Crippen LogP contribution in [0.1, 0.15) is 22.3 Å². The maximum Gasteiger partial charge on any atom is 0.255 e. The zero-order chi connectivity index (χ0) is 21.2. The van der Waals surface area contributed by atoms with E-state index < -0.39 is 6.04 Å². The van der Waals surface area contributed by atoms with Crippen LogP contribution < -0.4 is 20.3 Å². The molecule has 1 aromatic carbocycles. The lowest BCUT2D eigenvalue weighted by atomic mass is 10.1. The molecule has 0 aliphatic carbocycles. The number of ether oxygens (including phenoxy) is 1. The van der Waals surface area contributed by atoms with Crippen molar-refractivity contribution in [2.75, 3.05) is 38.1 Å². The normalized spacial score (nSPS) is 11.4. The SMILES string of the molecule is COc1ccccc1C(=O)NC(CCSC)C(=O)NCc1cccnc1N(C)C. The summed E-state index contributed by atoms with van der Waals surface area (Å²) < 4.78 is 5.25. The number of carbonyl (C=O) groups is 2. The van der Waals surface area contributed by atoms with E-state index in [2.05, 4.69) is 15.6 Å². The van der Waals surface area contributed by atoms with Gasteiger partial charge in [-0.25, -0.2) is 4.98 Å². The molecule has 0 saturated heterocycles. The molecule has 156 valence electrons. The van der Waals surface area contributed by atoms with E-state index in [1.807, 2.05) is 37.4 Å². The molecule has 2 rings (SSSR count). The monoisotopic (exact) mass is 416 g/mol. The number of methoxy groups -OCH3 is 1. The average molecular weight is 417 g/mol. The van der Waals surface area contributed by atoms with E-state index >= 15 is 0 Å². The molecule has 1 unspecified atom stereocenters. The van der Waals surface area contributed by atoms with Gasteiger partial charge in [0.15, 0.2) is 0 Å². The highest BCUT2D eigenvalue weighted by Crippen LogP contribution is 2.18. The van der Waals surface area contributed by atoms with Crippen molar-refractivity contribution in [2.45, 2.75) is 19.0 Å². The highest BCUT2D eigenvalue weighted by atomic mass is 32.2. The number of aromatic nitrogens is 1. The zero-order valence-corrected chi connectivity index (χ0v) is 18.1. The van der Waals surface area contributed by atoms with Crippen LogP contribution in [0.25, 0.3) is 0 Å². The minimum absolute atomic E-state index is 0.226. The van der Waals surface area contributed by atoms with Crippen LogP contribution in [0.2, 0.25) is 0 Å². The molecule has 0 fully saturated rings. The summed E-state index contributed by atoms with van der Waals surface area (Å²) in [7, 11) is 5.32. The summed E-state index contributed by atoms with van der Waals surface area (Å²) in [6.07, 6.45) is 4.22. The van der Waals surface area contributed by atoms with Gasteiger partial charge in [-0.2, -0.15) is 11.8 Å². The van der Waals surface area contributed by atoms with Crippen molar-refractivity contribution in [1.82, 2.24) is 15.6 Å². The maximum absolute atomic E-state index is 12.8. The van der Waals surface area contributed by atoms with Crippen molar-refractivity contribution in [3.63, 3.8) is 0 Å². The second-order valence-electron chi connectivity index (χ2n) is 6.61. The van der Waals surface area contributed by atoms with E-state index in [1.165, 1.54) is 7.11 Å². The second kappa shape index (κ2) is 11.3. The van der Waals surface area contributed by atoms with Crippen LogP contribution in [0.3, 0.4) is 0 Å². The van der Waals surface area contributed by atoms with Gasteiger partial charge in [-0.1, -0.05) is 18.2 Å². The van der Waals surface area contributed by atoms with Crippen LogP contribution in [-0.2, 0) is 11.3 Å². The minimum atomic E-state index is -0.640. The van der Waals surface area contributed by atoms with E-state index in [0.717, 1.165) is 17.1 Å². The summed E-state index contributed by atoms with van der Waals surface area (Å²) in [6, 6.07) is 10.1. The number of pyridine rings is 1. The fourth-order valence-corrected chi connectivity index (χ4v) is 3.32. The number of nitrogens with zero attached hydrogens (tertiary/aromatic N) is 2. The fraction of sp³-hybridized carbons (Fsp3) is 0.381. The Morgan fingerprint density at radius 1 is 1.21 bits per heavy atom. The number of para-hydroxylation sites is 1. The Balaban J connectivity index is 2.09. The molecule has 0 spiro atoms. The minimum Gasteiger partial charge on any atom is -0.496 e. The number of benzene rings is 1. The van der Waals surface area contributed by atoms with Gasteiger partial charge in [-0.05, 0) is 36.6 Å². The summed E-state index contributed by atoms with van der Waals surface area (Å²) in [5, 5.41) is 5.77. The van der Waals surface area contributed by atoms with Crippen LogP contribution in [0, 0.1) is 0 Å². The Morgan fingerprint density at radius 2 is 1.97 bits per heavy atom. The van der Waals surface area contributed by atoms with E-state index in [4.69, 9.17) is 4.74 Å². The van der Waals surface area contributed by atoms with Crippen molar-refractivity contribution >= 4 is 29.4 Å². The van der Waals surface area contributed by atoms with E-state index in [1.54, 1.807) is 42.2 Å². The number of rotatable bonds is 10. The molecule has 0 saturated carbocycles. The van der Waals surface area contributed by atoms with Crippen LogP contribution in [0.15, 0.2) is 42.6 Å². The first kappa shape index (κ1) is 22.5. The number of hydrogen-bond acceptors (Lipinski definition) is 6. The van der Waals surface area contributed by atoms with Gasteiger partial charge in [0.25, 0.3) is 5.91 Å².